The number of hydrogen-bond donors (Lipinski definition) is 0. The molecule has 0 fully saturated rings. The van der Waals surface area contributed by atoms with E-state index in [1.807, 2.05) is 0 Å². The van der Waals surface area contributed by atoms with Crippen molar-refractivity contribution in [3.63, 3.8) is 0 Å². The van der Waals surface area contributed by atoms with Crippen LogP contribution in [0.25, 0.3) is 10.8 Å². The largest absolute Gasteiger partial charge is 0.496 e. The van der Waals surface area contributed by atoms with E-state index in [9.17, 15) is 0 Å². The van der Waals surface area contributed by atoms with Gasteiger partial charge in [0.1, 0.15) is 5.75 Å². The van der Waals surface area contributed by atoms with Crippen molar-refractivity contribution in [1.29, 1.82) is 0 Å². The van der Waals surface area contributed by atoms with Crippen molar-refractivity contribution in [2.24, 2.45) is 0 Å². The zero-order valence-corrected chi connectivity index (χ0v) is 14.1. The van der Waals surface area contributed by atoms with Crippen LogP contribution >= 0.6 is 27.3 Å². The number of alkyl halides is 1. The van der Waals surface area contributed by atoms with Crippen molar-refractivity contribution in [1.82, 2.24) is 0 Å². The summed E-state index contributed by atoms with van der Waals surface area (Å²) in [5.74, 6) is 0.936. The normalized spacial score (nSPS) is 14.6. The van der Waals surface area contributed by atoms with Gasteiger partial charge < -0.3 is 4.74 Å². The lowest BCUT2D eigenvalue weighted by molar-refractivity contribution is 0.416. The number of ether oxygens (including phenoxy) is 1. The summed E-state index contributed by atoms with van der Waals surface area (Å²) >= 11 is 5.62. The Morgan fingerprint density at radius 1 is 1.14 bits per heavy atom. The minimum atomic E-state index is 0.219. The van der Waals surface area contributed by atoms with Gasteiger partial charge in [-0.2, -0.15) is 0 Å². The van der Waals surface area contributed by atoms with Crippen molar-refractivity contribution in [2.75, 3.05) is 7.11 Å². The molecule has 0 radical (unpaired) electrons. The molecule has 0 spiro atoms. The molecular formula is C18H15BrOS. The lowest BCUT2D eigenvalue weighted by Crippen LogP contribution is -1.93. The topological polar surface area (TPSA) is 9.23 Å². The molecule has 1 atom stereocenters. The highest BCUT2D eigenvalue weighted by atomic mass is 79.9. The van der Waals surface area contributed by atoms with Crippen LogP contribution < -0.4 is 4.74 Å². The van der Waals surface area contributed by atoms with Crippen LogP contribution in [0.3, 0.4) is 0 Å². The quantitative estimate of drug-likeness (QED) is 0.562. The fourth-order valence-corrected chi connectivity index (χ4v) is 4.92. The summed E-state index contributed by atoms with van der Waals surface area (Å²) in [6.07, 6.45) is 2.35. The predicted octanol–water partition coefficient (Wildman–Crippen LogP) is 5.49. The first kappa shape index (κ1) is 13.4. The molecule has 0 bridgehead atoms. The van der Waals surface area contributed by atoms with Gasteiger partial charge in [0.15, 0.2) is 0 Å². The predicted molar refractivity (Wildman–Crippen MR) is 93.0 cm³/mol. The number of benzene rings is 2. The van der Waals surface area contributed by atoms with Gasteiger partial charge in [-0.25, -0.2) is 0 Å². The minimum Gasteiger partial charge on any atom is -0.496 e. The summed E-state index contributed by atoms with van der Waals surface area (Å²) in [5, 5.41) is 4.92. The van der Waals surface area contributed by atoms with E-state index in [-0.39, 0.29) is 4.83 Å². The molecule has 3 heteroatoms. The third-order valence-corrected chi connectivity index (χ3v) is 6.53. The Morgan fingerprint density at radius 3 is 2.71 bits per heavy atom. The van der Waals surface area contributed by atoms with Gasteiger partial charge in [0.25, 0.3) is 0 Å². The number of rotatable bonds is 3. The van der Waals surface area contributed by atoms with Crippen molar-refractivity contribution in [3.05, 3.63) is 63.3 Å². The van der Waals surface area contributed by atoms with Gasteiger partial charge >= 0.3 is 0 Å². The van der Waals surface area contributed by atoms with Crippen LogP contribution in [0.5, 0.6) is 5.75 Å². The van der Waals surface area contributed by atoms with Gasteiger partial charge in [-0.3, -0.25) is 0 Å². The van der Waals surface area contributed by atoms with Gasteiger partial charge in [-0.05, 0) is 46.4 Å². The van der Waals surface area contributed by atoms with E-state index in [2.05, 4.69) is 57.7 Å². The van der Waals surface area contributed by atoms with Crippen LogP contribution in [0.15, 0.2) is 41.8 Å². The summed E-state index contributed by atoms with van der Waals surface area (Å²) in [7, 11) is 1.72. The molecule has 1 heterocycles. The Morgan fingerprint density at radius 2 is 1.95 bits per heavy atom. The van der Waals surface area contributed by atoms with Crippen molar-refractivity contribution >= 4 is 38.0 Å². The first-order chi connectivity index (χ1) is 10.3. The van der Waals surface area contributed by atoms with E-state index in [4.69, 9.17) is 4.74 Å². The van der Waals surface area contributed by atoms with Gasteiger partial charge in [-0.1, -0.05) is 46.3 Å². The molecule has 21 heavy (non-hydrogen) atoms. The Kier molecular flexibility index (Phi) is 3.27. The number of halogens is 1. The van der Waals surface area contributed by atoms with E-state index < -0.39 is 0 Å². The summed E-state index contributed by atoms with van der Waals surface area (Å²) in [5.41, 5.74) is 4.34. The number of aryl methyl sites for hydroxylation is 2. The van der Waals surface area contributed by atoms with Crippen LogP contribution in [0.4, 0.5) is 0 Å². The monoisotopic (exact) mass is 358 g/mol. The Bertz CT molecular complexity index is 811. The molecule has 1 aliphatic carbocycles. The highest BCUT2D eigenvalue weighted by molar-refractivity contribution is 9.09. The highest BCUT2D eigenvalue weighted by Gasteiger charge is 2.20. The first-order valence-corrected chi connectivity index (χ1v) is 8.87. The Labute approximate surface area is 136 Å². The maximum atomic E-state index is 5.31. The molecule has 1 aromatic heterocycles. The summed E-state index contributed by atoms with van der Waals surface area (Å²) in [6.45, 7) is 0. The molecule has 2 aromatic carbocycles. The lowest BCUT2D eigenvalue weighted by atomic mass is 9.98. The second-order valence-electron chi connectivity index (χ2n) is 5.41. The second kappa shape index (κ2) is 5.15. The molecule has 1 aliphatic rings. The smallest absolute Gasteiger partial charge is 0.129 e. The molecule has 106 valence electrons. The molecule has 4 rings (SSSR count). The zero-order chi connectivity index (χ0) is 14.4. The summed E-state index contributed by atoms with van der Waals surface area (Å²) < 4.78 is 5.31. The van der Waals surface area contributed by atoms with E-state index in [0.29, 0.717) is 0 Å². The maximum absolute atomic E-state index is 5.31. The van der Waals surface area contributed by atoms with Crippen LogP contribution in [-0.4, -0.2) is 7.11 Å². The molecule has 3 aromatic rings. The second-order valence-corrected chi connectivity index (χ2v) is 7.26. The van der Waals surface area contributed by atoms with Crippen LogP contribution in [-0.2, 0) is 12.8 Å². The van der Waals surface area contributed by atoms with Crippen LogP contribution in [0.1, 0.15) is 26.4 Å². The van der Waals surface area contributed by atoms with Gasteiger partial charge in [0.2, 0.25) is 0 Å². The maximum Gasteiger partial charge on any atom is 0.129 e. The van der Waals surface area contributed by atoms with Crippen molar-refractivity contribution < 1.29 is 4.74 Å². The van der Waals surface area contributed by atoms with E-state index in [0.717, 1.165) is 5.75 Å². The standard InChI is InChI=1S/C18H15BrOS/c1-20-13-9-16(21-10-13)18(19)15-8-7-12-6-5-11-3-2-4-14(15)17(11)12/h2-4,7-10,18H,5-6H2,1H3. The van der Waals surface area contributed by atoms with Crippen molar-refractivity contribution in [2.45, 2.75) is 17.7 Å². The highest BCUT2D eigenvalue weighted by Crippen LogP contribution is 2.42. The van der Waals surface area contributed by atoms with E-state index in [1.165, 1.54) is 45.2 Å². The third kappa shape index (κ3) is 2.11. The summed E-state index contributed by atoms with van der Waals surface area (Å²) in [4.78, 5) is 1.50. The Hall–Kier alpha value is -1.32. The molecule has 1 nitrogen and oxygen atoms in total. The molecule has 0 amide bonds. The Balaban J connectivity index is 1.87. The van der Waals surface area contributed by atoms with Crippen molar-refractivity contribution in [3.8, 4) is 5.75 Å². The molecule has 0 saturated heterocycles. The average Bonchev–Trinajstić information content (AvgIpc) is 3.15. The van der Waals surface area contributed by atoms with Gasteiger partial charge in [0, 0.05) is 10.3 Å². The third-order valence-electron chi connectivity index (χ3n) is 4.26. The van der Waals surface area contributed by atoms with Gasteiger partial charge in [0.05, 0.1) is 11.9 Å². The van der Waals surface area contributed by atoms with E-state index in [1.54, 1.807) is 18.4 Å². The molecule has 0 saturated carbocycles. The van der Waals surface area contributed by atoms with Crippen LogP contribution in [0, 0.1) is 0 Å². The number of hydrogen-bond acceptors (Lipinski definition) is 2. The number of methoxy groups -OCH3 is 1. The molecule has 1 unspecified atom stereocenters. The van der Waals surface area contributed by atoms with Crippen LogP contribution in [0.2, 0.25) is 0 Å². The zero-order valence-electron chi connectivity index (χ0n) is 11.7. The SMILES string of the molecule is COc1csc(C(Br)c2ccc3c4c(cccc24)CC3)c1. The summed E-state index contributed by atoms with van der Waals surface area (Å²) in [6, 6.07) is 13.4. The van der Waals surface area contributed by atoms with E-state index >= 15 is 0 Å². The fourth-order valence-electron chi connectivity index (χ4n) is 3.22. The average molecular weight is 359 g/mol. The number of thiophene rings is 1. The molecule has 0 N–H and O–H groups in total. The minimum absolute atomic E-state index is 0.219. The fraction of sp³-hybridized carbons (Fsp3) is 0.222. The lowest BCUT2D eigenvalue weighted by Gasteiger charge is -2.13. The molecular weight excluding hydrogens is 344 g/mol. The first-order valence-electron chi connectivity index (χ1n) is 7.08. The van der Waals surface area contributed by atoms with Gasteiger partial charge in [-0.15, -0.1) is 11.3 Å². The molecule has 0 aliphatic heterocycles.